The first-order valence-electron chi connectivity index (χ1n) is 10.2. The van der Waals surface area contributed by atoms with E-state index in [9.17, 15) is 0 Å². The summed E-state index contributed by atoms with van der Waals surface area (Å²) >= 11 is 0. The number of ether oxygens (including phenoxy) is 1. The molecule has 0 saturated carbocycles. The quantitative estimate of drug-likeness (QED) is 0.626. The first-order chi connectivity index (χ1) is 14.5. The van der Waals surface area contributed by atoms with Crippen LogP contribution in [0.15, 0.2) is 39.6 Å². The average molecular weight is 406 g/mol. The van der Waals surface area contributed by atoms with Gasteiger partial charge in [0.1, 0.15) is 11.0 Å². The van der Waals surface area contributed by atoms with Gasteiger partial charge < -0.3 is 10.1 Å². The minimum Gasteiger partial charge on any atom is -0.477 e. The van der Waals surface area contributed by atoms with Gasteiger partial charge in [0.2, 0.25) is 5.88 Å². The number of amidine groups is 1. The number of anilines is 1. The van der Waals surface area contributed by atoms with E-state index in [0.717, 1.165) is 33.7 Å². The summed E-state index contributed by atoms with van der Waals surface area (Å²) in [6, 6.07) is 6.05. The molecule has 3 aromatic heterocycles. The van der Waals surface area contributed by atoms with Gasteiger partial charge in [0.05, 0.1) is 35.8 Å². The van der Waals surface area contributed by atoms with E-state index in [2.05, 4.69) is 39.4 Å². The van der Waals surface area contributed by atoms with Crippen LogP contribution in [0.25, 0.3) is 22.3 Å². The van der Waals surface area contributed by atoms with Crippen molar-refractivity contribution in [2.24, 2.45) is 15.2 Å². The highest BCUT2D eigenvalue weighted by Crippen LogP contribution is 2.34. The minimum absolute atomic E-state index is 0.123. The second-order valence-electron chi connectivity index (χ2n) is 7.41. The van der Waals surface area contributed by atoms with Crippen LogP contribution in [0.2, 0.25) is 0 Å². The minimum atomic E-state index is -0.123. The Labute approximate surface area is 175 Å². The van der Waals surface area contributed by atoms with Crippen LogP contribution in [-0.2, 0) is 0 Å². The smallest absolute Gasteiger partial charge is 0.222 e. The lowest BCUT2D eigenvalue weighted by Gasteiger charge is -2.14. The number of nitrogens with zero attached hydrogens (tertiary/aromatic N) is 7. The van der Waals surface area contributed by atoms with Crippen LogP contribution in [0, 0.1) is 6.92 Å². The monoisotopic (exact) mass is 406 g/mol. The molecule has 1 aliphatic rings. The zero-order valence-corrected chi connectivity index (χ0v) is 17.9. The summed E-state index contributed by atoms with van der Waals surface area (Å²) in [5.74, 6) is 1.24. The van der Waals surface area contributed by atoms with Crippen molar-refractivity contribution in [2.75, 3.05) is 18.5 Å². The number of hydrogen-bond acceptors (Lipinski definition) is 8. The molecule has 0 spiro atoms. The molecule has 1 unspecified atom stereocenters. The largest absolute Gasteiger partial charge is 0.477 e. The molecule has 1 N–H and O–H groups in total. The van der Waals surface area contributed by atoms with Crippen LogP contribution in [0.4, 0.5) is 5.69 Å². The molecular formula is C21H26N8O. The van der Waals surface area contributed by atoms with Gasteiger partial charge in [-0.15, -0.1) is 5.11 Å². The van der Waals surface area contributed by atoms with E-state index in [1.807, 2.05) is 43.7 Å². The van der Waals surface area contributed by atoms with Crippen molar-refractivity contribution in [1.82, 2.24) is 19.7 Å². The van der Waals surface area contributed by atoms with Crippen LogP contribution in [0.5, 0.6) is 5.88 Å². The topological polar surface area (TPSA) is 102 Å². The van der Waals surface area contributed by atoms with Crippen LogP contribution >= 0.6 is 0 Å². The highest BCUT2D eigenvalue weighted by atomic mass is 16.5. The average Bonchev–Trinajstić information content (AvgIpc) is 3.30. The fourth-order valence-electron chi connectivity index (χ4n) is 3.44. The summed E-state index contributed by atoms with van der Waals surface area (Å²) in [5.41, 5.74) is 5.20. The van der Waals surface area contributed by atoms with Gasteiger partial charge in [-0.1, -0.05) is 0 Å². The SMILES string of the molecule is CCOc1ncccc1-c1cc(NCC2=NC(C)N=N2)c2c(n1)c(C)nn2C(C)C. The van der Waals surface area contributed by atoms with Crippen molar-refractivity contribution in [2.45, 2.75) is 46.8 Å². The fraction of sp³-hybridized carbons (Fsp3) is 0.429. The molecule has 0 aromatic carbocycles. The second-order valence-corrected chi connectivity index (χ2v) is 7.41. The molecule has 9 heteroatoms. The Bertz CT molecular complexity index is 1130. The maximum atomic E-state index is 5.73. The predicted molar refractivity (Wildman–Crippen MR) is 117 cm³/mol. The third-order valence-electron chi connectivity index (χ3n) is 4.75. The molecule has 3 aromatic rings. The lowest BCUT2D eigenvalue weighted by molar-refractivity contribution is 0.328. The van der Waals surface area contributed by atoms with Crippen molar-refractivity contribution in [1.29, 1.82) is 0 Å². The van der Waals surface area contributed by atoms with E-state index < -0.39 is 0 Å². The van der Waals surface area contributed by atoms with Gasteiger partial charge >= 0.3 is 0 Å². The molecule has 0 saturated heterocycles. The molecule has 9 nitrogen and oxygen atoms in total. The third-order valence-corrected chi connectivity index (χ3v) is 4.75. The van der Waals surface area contributed by atoms with Gasteiger partial charge in [0, 0.05) is 12.2 Å². The molecule has 0 bridgehead atoms. The van der Waals surface area contributed by atoms with E-state index >= 15 is 0 Å². The van der Waals surface area contributed by atoms with E-state index in [-0.39, 0.29) is 12.2 Å². The standard InChI is InChI=1S/C21H26N8O/c1-6-30-21-15(8-7-9-22-21)16-10-17(23-11-18-24-14(5)26-27-18)20-19(25-16)13(4)28-29(20)12(2)3/h7-10,12,14H,6,11H2,1-5H3,(H,23,25). The van der Waals surface area contributed by atoms with Crippen molar-refractivity contribution >= 4 is 22.6 Å². The van der Waals surface area contributed by atoms with Gasteiger partial charge in [0.25, 0.3) is 0 Å². The molecular weight excluding hydrogens is 380 g/mol. The van der Waals surface area contributed by atoms with Crippen molar-refractivity contribution in [3.8, 4) is 17.1 Å². The zero-order chi connectivity index (χ0) is 21.3. The summed E-state index contributed by atoms with van der Waals surface area (Å²) in [7, 11) is 0. The number of pyridine rings is 2. The van der Waals surface area contributed by atoms with E-state index in [0.29, 0.717) is 24.9 Å². The highest BCUT2D eigenvalue weighted by molar-refractivity contribution is 5.95. The van der Waals surface area contributed by atoms with Gasteiger partial charge in [-0.2, -0.15) is 10.2 Å². The number of hydrogen-bond donors (Lipinski definition) is 1. The Morgan fingerprint density at radius 1 is 1.30 bits per heavy atom. The van der Waals surface area contributed by atoms with Gasteiger partial charge in [-0.05, 0) is 52.8 Å². The number of aliphatic imine (C=N–C) groups is 1. The maximum Gasteiger partial charge on any atom is 0.222 e. The van der Waals surface area contributed by atoms with Crippen LogP contribution in [0.1, 0.15) is 39.4 Å². The third kappa shape index (κ3) is 3.74. The second kappa shape index (κ2) is 8.17. The maximum absolute atomic E-state index is 5.73. The van der Waals surface area contributed by atoms with Crippen molar-refractivity contribution in [3.63, 3.8) is 0 Å². The number of fused-ring (bicyclic) bond motifs is 1. The molecule has 0 amide bonds. The molecule has 4 heterocycles. The Morgan fingerprint density at radius 2 is 2.13 bits per heavy atom. The number of nitrogens with one attached hydrogen (secondary N) is 1. The predicted octanol–water partition coefficient (Wildman–Crippen LogP) is 4.40. The summed E-state index contributed by atoms with van der Waals surface area (Å²) in [4.78, 5) is 13.7. The number of azo groups is 1. The molecule has 1 atom stereocenters. The normalized spacial score (nSPS) is 15.8. The van der Waals surface area contributed by atoms with Crippen molar-refractivity contribution < 1.29 is 4.74 Å². The molecule has 30 heavy (non-hydrogen) atoms. The number of aryl methyl sites for hydroxylation is 1. The fourth-order valence-corrected chi connectivity index (χ4v) is 3.44. The first-order valence-corrected chi connectivity index (χ1v) is 10.2. The number of rotatable bonds is 7. The van der Waals surface area contributed by atoms with E-state index in [1.165, 1.54) is 0 Å². The van der Waals surface area contributed by atoms with E-state index in [4.69, 9.17) is 14.8 Å². The highest BCUT2D eigenvalue weighted by Gasteiger charge is 2.20. The zero-order valence-electron chi connectivity index (χ0n) is 17.9. The molecule has 1 aliphatic heterocycles. The molecule has 0 radical (unpaired) electrons. The van der Waals surface area contributed by atoms with Crippen LogP contribution in [-0.4, -0.2) is 44.9 Å². The lowest BCUT2D eigenvalue weighted by Crippen LogP contribution is -2.13. The molecule has 0 fully saturated rings. The summed E-state index contributed by atoms with van der Waals surface area (Å²) in [6.45, 7) is 11.0. The number of aromatic nitrogens is 4. The molecule has 156 valence electrons. The molecule has 4 rings (SSSR count). The summed E-state index contributed by atoms with van der Waals surface area (Å²) in [5, 5.41) is 16.4. The Morgan fingerprint density at radius 3 is 2.83 bits per heavy atom. The Balaban J connectivity index is 1.84. The van der Waals surface area contributed by atoms with Crippen LogP contribution in [0.3, 0.4) is 0 Å². The van der Waals surface area contributed by atoms with Gasteiger partial charge in [0.15, 0.2) is 12.0 Å². The Hall–Kier alpha value is -3.36. The first kappa shape index (κ1) is 19.9. The molecule has 0 aliphatic carbocycles. The summed E-state index contributed by atoms with van der Waals surface area (Å²) < 4.78 is 7.73. The van der Waals surface area contributed by atoms with Crippen LogP contribution < -0.4 is 10.1 Å². The summed E-state index contributed by atoms with van der Waals surface area (Å²) in [6.07, 6.45) is 1.60. The lowest BCUT2D eigenvalue weighted by atomic mass is 10.1. The van der Waals surface area contributed by atoms with E-state index in [1.54, 1.807) is 6.20 Å². The Kier molecular flexibility index (Phi) is 5.43. The van der Waals surface area contributed by atoms with Gasteiger partial charge in [-0.3, -0.25) is 4.68 Å². The van der Waals surface area contributed by atoms with Gasteiger partial charge in [-0.25, -0.2) is 15.0 Å². The van der Waals surface area contributed by atoms with Crippen molar-refractivity contribution in [3.05, 3.63) is 30.1 Å².